The molecule has 0 aliphatic heterocycles. The first-order valence-corrected chi connectivity index (χ1v) is 8.94. The van der Waals surface area contributed by atoms with Gasteiger partial charge in [-0.15, -0.1) is 0 Å². The van der Waals surface area contributed by atoms with Gasteiger partial charge in [0.25, 0.3) is 0 Å². The Morgan fingerprint density at radius 3 is 2.11 bits per heavy atom. The molecule has 0 aromatic heterocycles. The molecule has 0 spiro atoms. The molecule has 2 unspecified atom stereocenters. The Morgan fingerprint density at radius 2 is 1.58 bits per heavy atom. The van der Waals surface area contributed by atoms with Gasteiger partial charge in [0.15, 0.2) is 0 Å². The van der Waals surface area contributed by atoms with Gasteiger partial charge in [-0.05, 0) is 6.42 Å². The molecule has 0 aliphatic carbocycles. The number of carbonyl (C=O) groups is 1. The minimum atomic E-state index is -0.898. The lowest BCUT2D eigenvalue weighted by atomic mass is 10.1. The van der Waals surface area contributed by atoms with Crippen molar-refractivity contribution in [1.82, 2.24) is 0 Å². The van der Waals surface area contributed by atoms with Gasteiger partial charge in [0, 0.05) is 21.8 Å². The third-order valence-electron chi connectivity index (χ3n) is 3.33. The lowest BCUT2D eigenvalue weighted by Crippen LogP contribution is -2.19. The molecule has 0 aromatic carbocycles. The van der Waals surface area contributed by atoms with E-state index in [1.807, 2.05) is 6.92 Å². The number of hydrogen-bond acceptors (Lipinski definition) is 3. The van der Waals surface area contributed by atoms with Gasteiger partial charge >= 0.3 is 5.97 Å². The third-order valence-corrected chi connectivity index (χ3v) is 5.08. The predicted molar refractivity (Wildman–Crippen MR) is 81.7 cm³/mol. The maximum atomic E-state index is 11.9. The second kappa shape index (κ2) is 12.6. The second-order valence-electron chi connectivity index (χ2n) is 5.15. The van der Waals surface area contributed by atoms with Gasteiger partial charge in [0.1, 0.15) is 0 Å². The van der Waals surface area contributed by atoms with E-state index in [9.17, 15) is 9.00 Å². The minimum Gasteiger partial charge on any atom is -0.469 e. The van der Waals surface area contributed by atoms with Crippen molar-refractivity contribution in [2.75, 3.05) is 12.9 Å². The summed E-state index contributed by atoms with van der Waals surface area (Å²) in [6.07, 6.45) is 10.3. The number of unbranched alkanes of at least 4 members (excludes halogenated alkanes) is 7. The first-order valence-electron chi connectivity index (χ1n) is 7.55. The quantitative estimate of drug-likeness (QED) is 0.405. The fourth-order valence-electron chi connectivity index (χ4n) is 1.99. The summed E-state index contributed by atoms with van der Waals surface area (Å²) < 4.78 is 16.5. The Morgan fingerprint density at radius 1 is 1.05 bits per heavy atom. The van der Waals surface area contributed by atoms with Crippen LogP contribution in [0.5, 0.6) is 0 Å². The average Bonchev–Trinajstić information content (AvgIpc) is 2.41. The van der Waals surface area contributed by atoms with Crippen LogP contribution in [0.2, 0.25) is 0 Å². The topological polar surface area (TPSA) is 43.4 Å². The summed E-state index contributed by atoms with van der Waals surface area (Å²) in [6.45, 7) is 4.09. The highest BCUT2D eigenvalue weighted by Crippen LogP contribution is 2.10. The summed E-state index contributed by atoms with van der Waals surface area (Å²) >= 11 is 0. The molecule has 0 bridgehead atoms. The molecule has 0 rings (SSSR count). The lowest BCUT2D eigenvalue weighted by Gasteiger charge is -2.09. The van der Waals surface area contributed by atoms with Crippen LogP contribution in [0.1, 0.15) is 71.6 Å². The Bertz CT molecular complexity index is 254. The largest absolute Gasteiger partial charge is 0.469 e. The van der Waals surface area contributed by atoms with Crippen molar-refractivity contribution in [3.63, 3.8) is 0 Å². The fraction of sp³-hybridized carbons (Fsp3) is 0.933. The van der Waals surface area contributed by atoms with Crippen LogP contribution in [-0.4, -0.2) is 28.3 Å². The number of ether oxygens (including phenoxy) is 1. The van der Waals surface area contributed by atoms with Crippen LogP contribution in [0, 0.1) is 0 Å². The standard InChI is InChI=1S/C15H30O3S/c1-4-5-6-7-8-9-10-11-12-19(17)14(2)13-15(16)18-3/h14H,4-13H2,1-3H3. The van der Waals surface area contributed by atoms with E-state index < -0.39 is 10.8 Å². The summed E-state index contributed by atoms with van der Waals surface area (Å²) in [5.74, 6) is 0.449. The molecule has 0 aliphatic rings. The van der Waals surface area contributed by atoms with E-state index in [4.69, 9.17) is 0 Å². The molecule has 0 amide bonds. The Labute approximate surface area is 120 Å². The van der Waals surface area contributed by atoms with E-state index in [-0.39, 0.29) is 17.6 Å². The average molecular weight is 290 g/mol. The fourth-order valence-corrected chi connectivity index (χ4v) is 3.20. The number of esters is 1. The highest BCUT2D eigenvalue weighted by atomic mass is 32.2. The van der Waals surface area contributed by atoms with Crippen molar-refractivity contribution in [2.24, 2.45) is 0 Å². The van der Waals surface area contributed by atoms with E-state index in [0.29, 0.717) is 5.75 Å². The van der Waals surface area contributed by atoms with Crippen molar-refractivity contribution in [2.45, 2.75) is 76.9 Å². The van der Waals surface area contributed by atoms with E-state index in [0.717, 1.165) is 12.8 Å². The zero-order chi connectivity index (χ0) is 14.5. The molecule has 114 valence electrons. The number of rotatable bonds is 12. The minimum absolute atomic E-state index is 0.0861. The van der Waals surface area contributed by atoms with Crippen LogP contribution in [0.15, 0.2) is 0 Å². The van der Waals surface area contributed by atoms with Gasteiger partial charge in [0.05, 0.1) is 13.5 Å². The zero-order valence-corrected chi connectivity index (χ0v) is 13.6. The van der Waals surface area contributed by atoms with Crippen LogP contribution >= 0.6 is 0 Å². The van der Waals surface area contributed by atoms with Gasteiger partial charge in [-0.1, -0.05) is 58.8 Å². The van der Waals surface area contributed by atoms with E-state index >= 15 is 0 Å². The summed E-state index contributed by atoms with van der Waals surface area (Å²) in [5.41, 5.74) is 0. The van der Waals surface area contributed by atoms with Crippen LogP contribution < -0.4 is 0 Å². The van der Waals surface area contributed by atoms with Crippen LogP contribution in [0.4, 0.5) is 0 Å². The summed E-state index contributed by atoms with van der Waals surface area (Å²) in [6, 6.07) is 0. The van der Waals surface area contributed by atoms with Crippen molar-refractivity contribution >= 4 is 16.8 Å². The summed E-state index contributed by atoms with van der Waals surface area (Å²) in [4.78, 5) is 11.1. The SMILES string of the molecule is CCCCCCCCCCS(=O)C(C)CC(=O)OC. The van der Waals surface area contributed by atoms with E-state index in [1.165, 1.54) is 45.6 Å². The van der Waals surface area contributed by atoms with Gasteiger partial charge in [-0.3, -0.25) is 9.00 Å². The lowest BCUT2D eigenvalue weighted by molar-refractivity contribution is -0.140. The molecule has 3 nitrogen and oxygen atoms in total. The van der Waals surface area contributed by atoms with Gasteiger partial charge in [0.2, 0.25) is 0 Å². The molecular weight excluding hydrogens is 260 g/mol. The van der Waals surface area contributed by atoms with Crippen LogP contribution in [0.3, 0.4) is 0 Å². The van der Waals surface area contributed by atoms with Gasteiger partial charge < -0.3 is 4.74 Å². The summed E-state index contributed by atoms with van der Waals surface area (Å²) in [5, 5.41) is -0.0861. The van der Waals surface area contributed by atoms with E-state index in [2.05, 4.69) is 11.7 Å². The zero-order valence-electron chi connectivity index (χ0n) is 12.8. The van der Waals surface area contributed by atoms with E-state index in [1.54, 1.807) is 0 Å². The highest BCUT2D eigenvalue weighted by Gasteiger charge is 2.15. The Kier molecular flexibility index (Phi) is 12.4. The molecule has 19 heavy (non-hydrogen) atoms. The highest BCUT2D eigenvalue weighted by molar-refractivity contribution is 7.85. The molecule has 0 saturated carbocycles. The first kappa shape index (κ1) is 18.6. The van der Waals surface area contributed by atoms with Crippen molar-refractivity contribution in [1.29, 1.82) is 0 Å². The molecular formula is C15H30O3S. The van der Waals surface area contributed by atoms with Gasteiger partial charge in [-0.25, -0.2) is 0 Å². The predicted octanol–water partition coefficient (Wildman–Crippen LogP) is 3.83. The Hall–Kier alpha value is -0.380. The number of carbonyl (C=O) groups excluding carboxylic acids is 1. The Balaban J connectivity index is 3.45. The molecule has 0 saturated heterocycles. The van der Waals surface area contributed by atoms with Crippen molar-refractivity contribution in [3.8, 4) is 0 Å². The second-order valence-corrected chi connectivity index (χ2v) is 7.13. The maximum absolute atomic E-state index is 11.9. The van der Waals surface area contributed by atoms with Crippen LogP contribution in [-0.2, 0) is 20.3 Å². The molecule has 4 heteroatoms. The molecule has 0 aromatic rings. The molecule has 0 fully saturated rings. The number of methoxy groups -OCH3 is 1. The smallest absolute Gasteiger partial charge is 0.306 e. The van der Waals surface area contributed by atoms with Crippen molar-refractivity contribution in [3.05, 3.63) is 0 Å². The first-order chi connectivity index (χ1) is 9.11. The van der Waals surface area contributed by atoms with Crippen molar-refractivity contribution < 1.29 is 13.7 Å². The molecule has 2 atom stereocenters. The summed E-state index contributed by atoms with van der Waals surface area (Å²) in [7, 11) is 0.474. The van der Waals surface area contributed by atoms with Gasteiger partial charge in [-0.2, -0.15) is 0 Å². The number of hydrogen-bond donors (Lipinski definition) is 0. The maximum Gasteiger partial charge on any atom is 0.306 e. The normalized spacial score (nSPS) is 14.1. The molecule has 0 radical (unpaired) electrons. The van der Waals surface area contributed by atoms with Crippen LogP contribution in [0.25, 0.3) is 0 Å². The molecule has 0 heterocycles. The monoisotopic (exact) mass is 290 g/mol. The third kappa shape index (κ3) is 11.2. The molecule has 0 N–H and O–H groups in total.